The Morgan fingerprint density at radius 1 is 0.565 bits per heavy atom. The highest BCUT2D eigenvalue weighted by molar-refractivity contribution is 7.15. The first kappa shape index (κ1) is 29.1. The molecule has 4 aromatic heterocycles. The number of ether oxygens (including phenoxy) is 4. The van der Waals surface area contributed by atoms with Crippen molar-refractivity contribution in [1.82, 2.24) is 29.2 Å². The molecule has 4 heterocycles. The van der Waals surface area contributed by atoms with E-state index in [0.717, 1.165) is 22.3 Å². The standard InChI is InChI=1S/C32H24N6O6S2/c1-41-21-11-5-17(13-23(21)43-3)15-25-29(39)37-31(45-25)33-27(35-37)19-7-9-20(10-8-19)28-34-32-38(36-28)30(40)26(46-32)16-18-6-12-22(42-2)24(14-18)44-4/h5-16H,1-4H3/b25-15+,26-16+. The van der Waals surface area contributed by atoms with Gasteiger partial charge >= 0.3 is 0 Å². The van der Waals surface area contributed by atoms with E-state index in [1.807, 2.05) is 36.4 Å². The Kier molecular flexibility index (Phi) is 7.42. The molecule has 0 saturated carbocycles. The maximum Gasteiger partial charge on any atom is 0.291 e. The fourth-order valence-electron chi connectivity index (χ4n) is 4.87. The number of nitrogens with zero attached hydrogens (tertiary/aromatic N) is 6. The van der Waals surface area contributed by atoms with Crippen LogP contribution in [0.1, 0.15) is 11.1 Å². The average Bonchev–Trinajstić information content (AvgIpc) is 3.83. The summed E-state index contributed by atoms with van der Waals surface area (Å²) in [5, 5.41) is 8.91. The lowest BCUT2D eigenvalue weighted by molar-refractivity contribution is 0.355. The Hall–Kier alpha value is -5.60. The zero-order valence-corrected chi connectivity index (χ0v) is 26.5. The van der Waals surface area contributed by atoms with E-state index in [1.165, 1.54) is 31.7 Å². The van der Waals surface area contributed by atoms with Crippen LogP contribution in [0.2, 0.25) is 0 Å². The maximum atomic E-state index is 13.1. The SMILES string of the molecule is COc1ccc(/C=c2/sc3nc(-c4ccc(-c5nc6s/c(=C/c7ccc(OC)c(OC)c7)c(=O)n6n5)cc4)nn3c2=O)cc1OC. The molecule has 7 rings (SSSR count). The van der Waals surface area contributed by atoms with E-state index in [2.05, 4.69) is 20.2 Å². The summed E-state index contributed by atoms with van der Waals surface area (Å²) in [6.45, 7) is 0. The van der Waals surface area contributed by atoms with Crippen LogP contribution in [0.15, 0.2) is 70.3 Å². The van der Waals surface area contributed by atoms with Gasteiger partial charge in [0.1, 0.15) is 0 Å². The molecule has 3 aromatic carbocycles. The van der Waals surface area contributed by atoms with E-state index in [9.17, 15) is 9.59 Å². The number of benzene rings is 3. The van der Waals surface area contributed by atoms with Crippen LogP contribution in [0.4, 0.5) is 0 Å². The van der Waals surface area contributed by atoms with Crippen molar-refractivity contribution < 1.29 is 18.9 Å². The second-order valence-corrected chi connectivity index (χ2v) is 11.9. The van der Waals surface area contributed by atoms with E-state index < -0.39 is 0 Å². The van der Waals surface area contributed by atoms with Crippen LogP contribution in [0.25, 0.3) is 44.8 Å². The smallest absolute Gasteiger partial charge is 0.291 e. The van der Waals surface area contributed by atoms with Gasteiger partial charge in [-0.15, -0.1) is 10.2 Å². The van der Waals surface area contributed by atoms with Gasteiger partial charge in [-0.25, -0.2) is 0 Å². The molecule has 14 heteroatoms. The van der Waals surface area contributed by atoms with Crippen LogP contribution in [-0.2, 0) is 0 Å². The molecule has 0 amide bonds. The molecule has 7 aromatic rings. The van der Waals surface area contributed by atoms with Crippen LogP contribution in [0, 0.1) is 0 Å². The highest BCUT2D eigenvalue weighted by atomic mass is 32.1. The van der Waals surface area contributed by atoms with E-state index in [4.69, 9.17) is 18.9 Å². The average molecular weight is 653 g/mol. The van der Waals surface area contributed by atoms with Crippen LogP contribution in [-0.4, -0.2) is 57.6 Å². The highest BCUT2D eigenvalue weighted by Gasteiger charge is 2.15. The molecule has 230 valence electrons. The van der Waals surface area contributed by atoms with Crippen molar-refractivity contribution >= 4 is 44.7 Å². The summed E-state index contributed by atoms with van der Waals surface area (Å²) in [7, 11) is 6.26. The van der Waals surface area contributed by atoms with Crippen molar-refractivity contribution in [2.24, 2.45) is 0 Å². The molecule has 0 bridgehead atoms. The summed E-state index contributed by atoms with van der Waals surface area (Å²) in [5.41, 5.74) is 2.51. The number of fused-ring (bicyclic) bond motifs is 2. The number of thiazole rings is 2. The molecular weight excluding hydrogens is 629 g/mol. The molecule has 0 aliphatic rings. The zero-order chi connectivity index (χ0) is 31.9. The number of hydrogen-bond donors (Lipinski definition) is 0. The third-order valence-corrected chi connectivity index (χ3v) is 9.09. The van der Waals surface area contributed by atoms with Crippen molar-refractivity contribution in [2.45, 2.75) is 0 Å². The molecular formula is C32H24N6O6S2. The number of methoxy groups -OCH3 is 4. The third kappa shape index (κ3) is 5.12. The predicted octanol–water partition coefficient (Wildman–Crippen LogP) is 3.08. The zero-order valence-electron chi connectivity index (χ0n) is 24.9. The van der Waals surface area contributed by atoms with Gasteiger partial charge < -0.3 is 18.9 Å². The van der Waals surface area contributed by atoms with Crippen molar-refractivity contribution in [3.8, 4) is 45.8 Å². The predicted molar refractivity (Wildman–Crippen MR) is 175 cm³/mol. The minimum absolute atomic E-state index is 0.261. The fraction of sp³-hybridized carbons (Fsp3) is 0.125. The van der Waals surface area contributed by atoms with Gasteiger partial charge in [0, 0.05) is 11.1 Å². The lowest BCUT2D eigenvalue weighted by atomic mass is 10.1. The van der Waals surface area contributed by atoms with E-state index in [-0.39, 0.29) is 11.1 Å². The largest absolute Gasteiger partial charge is 0.493 e. The Balaban J connectivity index is 1.14. The van der Waals surface area contributed by atoms with Crippen molar-refractivity contribution in [3.05, 3.63) is 102 Å². The summed E-state index contributed by atoms with van der Waals surface area (Å²) in [6.07, 6.45) is 3.54. The van der Waals surface area contributed by atoms with Crippen LogP contribution in [0.3, 0.4) is 0 Å². The number of aromatic nitrogens is 6. The van der Waals surface area contributed by atoms with Crippen LogP contribution >= 0.6 is 22.7 Å². The van der Waals surface area contributed by atoms with Gasteiger partial charge in [0.25, 0.3) is 11.1 Å². The van der Waals surface area contributed by atoms with Crippen molar-refractivity contribution in [2.75, 3.05) is 28.4 Å². The van der Waals surface area contributed by atoms with E-state index >= 15 is 0 Å². The van der Waals surface area contributed by atoms with Gasteiger partial charge in [-0.3, -0.25) is 9.59 Å². The second-order valence-electron chi connectivity index (χ2n) is 9.90. The van der Waals surface area contributed by atoms with Crippen LogP contribution < -0.4 is 39.1 Å². The van der Waals surface area contributed by atoms with E-state index in [0.29, 0.717) is 53.6 Å². The quantitative estimate of drug-likeness (QED) is 0.241. The molecule has 0 spiro atoms. The maximum absolute atomic E-state index is 13.1. The van der Waals surface area contributed by atoms with Gasteiger partial charge in [-0.1, -0.05) is 59.1 Å². The fourth-order valence-corrected chi connectivity index (χ4v) is 6.68. The summed E-state index contributed by atoms with van der Waals surface area (Å²) in [4.78, 5) is 36.3. The van der Waals surface area contributed by atoms with Gasteiger partial charge in [-0.2, -0.15) is 19.0 Å². The minimum Gasteiger partial charge on any atom is -0.493 e. The molecule has 0 saturated heterocycles. The van der Waals surface area contributed by atoms with Gasteiger partial charge in [0.2, 0.25) is 9.92 Å². The molecule has 46 heavy (non-hydrogen) atoms. The Bertz CT molecular complexity index is 2310. The molecule has 0 aliphatic heterocycles. The Morgan fingerprint density at radius 2 is 0.957 bits per heavy atom. The lowest BCUT2D eigenvalue weighted by Crippen LogP contribution is -2.23. The van der Waals surface area contributed by atoms with Crippen LogP contribution in [0.5, 0.6) is 23.0 Å². The first-order valence-electron chi connectivity index (χ1n) is 13.8. The Morgan fingerprint density at radius 3 is 1.30 bits per heavy atom. The van der Waals surface area contributed by atoms with Gasteiger partial charge in [0.15, 0.2) is 34.6 Å². The topological polar surface area (TPSA) is 131 Å². The normalized spacial score (nSPS) is 12.3. The molecule has 0 N–H and O–H groups in total. The first-order chi connectivity index (χ1) is 22.4. The van der Waals surface area contributed by atoms with Gasteiger partial charge in [0.05, 0.1) is 37.5 Å². The number of rotatable bonds is 8. The summed E-state index contributed by atoms with van der Waals surface area (Å²) < 4.78 is 24.9. The summed E-state index contributed by atoms with van der Waals surface area (Å²) in [5.74, 6) is 3.19. The lowest BCUT2D eigenvalue weighted by Gasteiger charge is -2.07. The molecule has 0 aliphatic carbocycles. The first-order valence-corrected chi connectivity index (χ1v) is 15.4. The summed E-state index contributed by atoms with van der Waals surface area (Å²) >= 11 is 2.50. The van der Waals surface area contributed by atoms with Gasteiger partial charge in [-0.05, 0) is 47.5 Å². The highest BCUT2D eigenvalue weighted by Crippen LogP contribution is 2.29. The monoisotopic (exact) mass is 652 g/mol. The molecule has 12 nitrogen and oxygen atoms in total. The second kappa shape index (κ2) is 11.7. The molecule has 0 fully saturated rings. The third-order valence-electron chi connectivity index (χ3n) is 7.18. The molecule has 0 atom stereocenters. The number of hydrogen-bond acceptors (Lipinski definition) is 12. The minimum atomic E-state index is -0.261. The van der Waals surface area contributed by atoms with Crippen molar-refractivity contribution in [1.29, 1.82) is 0 Å². The Labute approximate surface area is 268 Å². The molecule has 0 radical (unpaired) electrons. The summed E-state index contributed by atoms with van der Waals surface area (Å²) in [6, 6.07) is 18.2. The van der Waals surface area contributed by atoms with E-state index in [1.54, 1.807) is 64.9 Å². The van der Waals surface area contributed by atoms with Crippen molar-refractivity contribution in [3.63, 3.8) is 0 Å². The molecule has 0 unspecified atom stereocenters.